The molecule has 0 saturated carbocycles. The minimum atomic E-state index is -3.87. The lowest BCUT2D eigenvalue weighted by Gasteiger charge is -2.28. The topological polar surface area (TPSA) is 57.7 Å². The SMILES string of the molecule is CCN(CC)C(=O)CN(c1ccc(C)cc1C)S(=O)(=O)c1ccc(C)cc1. The average molecular weight is 389 g/mol. The molecule has 0 aliphatic heterocycles. The molecule has 0 saturated heterocycles. The lowest BCUT2D eigenvalue weighted by molar-refractivity contribution is -0.129. The van der Waals surface area contributed by atoms with Gasteiger partial charge >= 0.3 is 0 Å². The fourth-order valence-electron chi connectivity index (χ4n) is 3.02. The maximum Gasteiger partial charge on any atom is 0.264 e. The Kier molecular flexibility index (Phi) is 6.65. The van der Waals surface area contributed by atoms with Crippen molar-refractivity contribution in [2.75, 3.05) is 23.9 Å². The average Bonchev–Trinajstić information content (AvgIpc) is 2.61. The van der Waals surface area contributed by atoms with E-state index in [2.05, 4.69) is 0 Å². The second-order valence-electron chi connectivity index (χ2n) is 6.68. The van der Waals surface area contributed by atoms with Crippen LogP contribution in [0, 0.1) is 20.8 Å². The summed E-state index contributed by atoms with van der Waals surface area (Å²) in [7, 11) is -3.87. The third-order valence-corrected chi connectivity index (χ3v) is 6.40. The highest BCUT2D eigenvalue weighted by molar-refractivity contribution is 7.92. The van der Waals surface area contributed by atoms with Gasteiger partial charge in [0.15, 0.2) is 0 Å². The van der Waals surface area contributed by atoms with Gasteiger partial charge < -0.3 is 4.90 Å². The quantitative estimate of drug-likeness (QED) is 0.727. The van der Waals surface area contributed by atoms with Crippen molar-refractivity contribution in [2.24, 2.45) is 0 Å². The summed E-state index contributed by atoms with van der Waals surface area (Å²) in [5.74, 6) is -0.212. The molecule has 6 heteroatoms. The molecule has 2 rings (SSSR count). The molecular weight excluding hydrogens is 360 g/mol. The summed E-state index contributed by atoms with van der Waals surface area (Å²) in [6.07, 6.45) is 0. The van der Waals surface area contributed by atoms with Gasteiger partial charge in [-0.1, -0.05) is 35.4 Å². The molecule has 2 aromatic rings. The number of carbonyl (C=O) groups is 1. The number of benzene rings is 2. The predicted molar refractivity (Wildman–Crippen MR) is 110 cm³/mol. The van der Waals surface area contributed by atoms with Crippen LogP contribution in [0.5, 0.6) is 0 Å². The standard InChI is InChI=1S/C21H28N2O3S/c1-6-22(7-2)21(24)15-23(20-13-10-17(4)14-18(20)5)27(25,26)19-11-8-16(3)9-12-19/h8-14H,6-7,15H2,1-5H3. The van der Waals surface area contributed by atoms with Crippen molar-refractivity contribution in [3.63, 3.8) is 0 Å². The minimum Gasteiger partial charge on any atom is -0.342 e. The summed E-state index contributed by atoms with van der Waals surface area (Å²) in [5, 5.41) is 0. The monoisotopic (exact) mass is 388 g/mol. The van der Waals surface area contributed by atoms with Gasteiger partial charge in [-0.15, -0.1) is 0 Å². The summed E-state index contributed by atoms with van der Waals surface area (Å²) >= 11 is 0. The Labute approximate surface area is 162 Å². The summed E-state index contributed by atoms with van der Waals surface area (Å²) in [6.45, 7) is 10.4. The molecule has 0 N–H and O–H groups in total. The van der Waals surface area contributed by atoms with Gasteiger partial charge in [-0.3, -0.25) is 9.10 Å². The van der Waals surface area contributed by atoms with E-state index in [1.807, 2.05) is 46.8 Å². The van der Waals surface area contributed by atoms with Crippen LogP contribution >= 0.6 is 0 Å². The molecule has 0 spiro atoms. The molecule has 0 aromatic heterocycles. The van der Waals surface area contributed by atoms with Crippen molar-refractivity contribution < 1.29 is 13.2 Å². The Hall–Kier alpha value is -2.34. The first-order chi connectivity index (χ1) is 12.7. The van der Waals surface area contributed by atoms with Crippen molar-refractivity contribution in [1.82, 2.24) is 4.90 Å². The summed E-state index contributed by atoms with van der Waals surface area (Å²) in [5.41, 5.74) is 3.37. The van der Waals surface area contributed by atoms with E-state index in [1.54, 1.807) is 35.2 Å². The number of hydrogen-bond acceptors (Lipinski definition) is 3. The number of hydrogen-bond donors (Lipinski definition) is 0. The van der Waals surface area contributed by atoms with E-state index in [-0.39, 0.29) is 17.3 Å². The van der Waals surface area contributed by atoms with E-state index in [0.717, 1.165) is 16.7 Å². The van der Waals surface area contributed by atoms with Crippen molar-refractivity contribution in [2.45, 2.75) is 39.5 Å². The highest BCUT2D eigenvalue weighted by atomic mass is 32.2. The Balaban J connectivity index is 2.55. The number of aryl methyl sites for hydroxylation is 3. The molecule has 2 aromatic carbocycles. The lowest BCUT2D eigenvalue weighted by Crippen LogP contribution is -2.43. The van der Waals surface area contributed by atoms with E-state index >= 15 is 0 Å². The maximum absolute atomic E-state index is 13.4. The Morgan fingerprint density at radius 2 is 1.44 bits per heavy atom. The molecule has 27 heavy (non-hydrogen) atoms. The second kappa shape index (κ2) is 8.57. The van der Waals surface area contributed by atoms with Crippen LogP contribution in [0.1, 0.15) is 30.5 Å². The Morgan fingerprint density at radius 3 is 1.96 bits per heavy atom. The van der Waals surface area contributed by atoms with Gasteiger partial charge in [0.05, 0.1) is 10.6 Å². The van der Waals surface area contributed by atoms with Crippen molar-refractivity contribution in [3.05, 3.63) is 59.2 Å². The number of carbonyl (C=O) groups excluding carboxylic acids is 1. The minimum absolute atomic E-state index is 0.181. The smallest absolute Gasteiger partial charge is 0.264 e. The molecule has 0 unspecified atom stereocenters. The van der Waals surface area contributed by atoms with Crippen LogP contribution in [0.25, 0.3) is 0 Å². The molecule has 0 bridgehead atoms. The third-order valence-electron chi connectivity index (χ3n) is 4.62. The predicted octanol–water partition coefficient (Wildman–Crippen LogP) is 3.68. The molecule has 0 radical (unpaired) electrons. The largest absolute Gasteiger partial charge is 0.342 e. The Morgan fingerprint density at radius 1 is 0.889 bits per heavy atom. The number of rotatable bonds is 7. The zero-order chi connectivity index (χ0) is 20.2. The van der Waals surface area contributed by atoms with Gasteiger partial charge in [0.2, 0.25) is 5.91 Å². The summed E-state index contributed by atoms with van der Waals surface area (Å²) in [6, 6.07) is 12.3. The first kappa shape index (κ1) is 21.0. The number of amides is 1. The molecule has 0 heterocycles. The van der Waals surface area contributed by atoms with Gasteiger partial charge in [-0.05, 0) is 58.4 Å². The zero-order valence-corrected chi connectivity index (χ0v) is 17.5. The van der Waals surface area contributed by atoms with E-state index < -0.39 is 10.0 Å². The normalized spacial score (nSPS) is 11.3. The molecule has 1 amide bonds. The summed E-state index contributed by atoms with van der Waals surface area (Å²) < 4.78 is 28.0. The molecule has 0 fully saturated rings. The number of anilines is 1. The highest BCUT2D eigenvalue weighted by Crippen LogP contribution is 2.28. The molecule has 0 atom stereocenters. The Bertz CT molecular complexity index is 902. The molecular formula is C21H28N2O3S. The first-order valence-electron chi connectivity index (χ1n) is 9.15. The lowest BCUT2D eigenvalue weighted by atomic mass is 10.1. The van der Waals surface area contributed by atoms with E-state index in [0.29, 0.717) is 18.8 Å². The number of sulfonamides is 1. The van der Waals surface area contributed by atoms with Crippen molar-refractivity contribution in [1.29, 1.82) is 0 Å². The van der Waals surface area contributed by atoms with E-state index in [1.165, 1.54) is 4.31 Å². The fraction of sp³-hybridized carbons (Fsp3) is 0.381. The summed E-state index contributed by atoms with van der Waals surface area (Å²) in [4.78, 5) is 14.5. The van der Waals surface area contributed by atoms with Gasteiger partial charge in [0.25, 0.3) is 10.0 Å². The van der Waals surface area contributed by atoms with E-state index in [9.17, 15) is 13.2 Å². The molecule has 0 aliphatic carbocycles. The van der Waals surface area contributed by atoms with Crippen LogP contribution in [0.15, 0.2) is 47.4 Å². The number of nitrogens with zero attached hydrogens (tertiary/aromatic N) is 2. The van der Waals surface area contributed by atoms with Gasteiger partial charge in [0, 0.05) is 13.1 Å². The highest BCUT2D eigenvalue weighted by Gasteiger charge is 2.29. The van der Waals surface area contributed by atoms with Crippen LogP contribution in [0.2, 0.25) is 0 Å². The van der Waals surface area contributed by atoms with Crippen LogP contribution in [0.4, 0.5) is 5.69 Å². The first-order valence-corrected chi connectivity index (χ1v) is 10.6. The maximum atomic E-state index is 13.4. The van der Waals surface area contributed by atoms with Gasteiger partial charge in [-0.2, -0.15) is 0 Å². The van der Waals surface area contributed by atoms with Crippen molar-refractivity contribution >= 4 is 21.6 Å². The van der Waals surface area contributed by atoms with Crippen LogP contribution in [-0.2, 0) is 14.8 Å². The fourth-order valence-corrected chi connectivity index (χ4v) is 4.50. The van der Waals surface area contributed by atoms with Gasteiger partial charge in [-0.25, -0.2) is 8.42 Å². The second-order valence-corrected chi connectivity index (χ2v) is 8.54. The van der Waals surface area contributed by atoms with Crippen LogP contribution < -0.4 is 4.31 Å². The molecule has 5 nitrogen and oxygen atoms in total. The number of likely N-dealkylation sites (N-methyl/N-ethyl adjacent to an activating group) is 1. The van der Waals surface area contributed by atoms with Gasteiger partial charge in [0.1, 0.15) is 6.54 Å². The van der Waals surface area contributed by atoms with Crippen LogP contribution in [-0.4, -0.2) is 38.9 Å². The molecule has 0 aliphatic rings. The third kappa shape index (κ3) is 4.69. The van der Waals surface area contributed by atoms with E-state index in [4.69, 9.17) is 0 Å². The van der Waals surface area contributed by atoms with Crippen molar-refractivity contribution in [3.8, 4) is 0 Å². The van der Waals surface area contributed by atoms with Crippen LogP contribution in [0.3, 0.4) is 0 Å². The zero-order valence-electron chi connectivity index (χ0n) is 16.7. The molecule has 146 valence electrons.